The van der Waals surface area contributed by atoms with Crippen LogP contribution in [0.25, 0.3) is 11.0 Å². The highest BCUT2D eigenvalue weighted by molar-refractivity contribution is 5.79. The van der Waals surface area contributed by atoms with Crippen LogP contribution >= 0.6 is 0 Å². The first kappa shape index (κ1) is 17.9. The van der Waals surface area contributed by atoms with Crippen molar-refractivity contribution >= 4 is 22.8 Å². The molecule has 2 aromatic rings. The lowest BCUT2D eigenvalue weighted by Crippen LogP contribution is -2.39. The molecule has 3 heterocycles. The van der Waals surface area contributed by atoms with Gasteiger partial charge in [0.05, 0.1) is 17.1 Å². The molecule has 0 saturated carbocycles. The summed E-state index contributed by atoms with van der Waals surface area (Å²) < 4.78 is 13.4. The molecule has 2 amide bonds. The van der Waals surface area contributed by atoms with Gasteiger partial charge in [0.25, 0.3) is 0 Å². The Hall–Kier alpha value is -2.44. The Morgan fingerprint density at radius 2 is 2.15 bits per heavy atom. The number of imidazole rings is 1. The fourth-order valence-corrected chi connectivity index (χ4v) is 4.18. The molecule has 27 heavy (non-hydrogen) atoms. The van der Waals surface area contributed by atoms with Gasteiger partial charge in [-0.1, -0.05) is 0 Å². The van der Waals surface area contributed by atoms with E-state index < -0.39 is 0 Å². The van der Waals surface area contributed by atoms with Gasteiger partial charge in [-0.2, -0.15) is 0 Å². The lowest BCUT2D eigenvalue weighted by atomic mass is 10.0. The van der Waals surface area contributed by atoms with Crippen LogP contribution in [0.4, 0.5) is 4.39 Å². The van der Waals surface area contributed by atoms with Crippen LogP contribution in [0.3, 0.4) is 0 Å². The zero-order valence-corrected chi connectivity index (χ0v) is 15.4. The zero-order chi connectivity index (χ0) is 18.8. The number of nitrogens with one attached hydrogen (secondary N) is 1. The number of benzene rings is 1. The normalized spacial score (nSPS) is 20.6. The summed E-state index contributed by atoms with van der Waals surface area (Å²) in [6, 6.07) is 4.41. The minimum absolute atomic E-state index is 0.0878. The van der Waals surface area contributed by atoms with Crippen molar-refractivity contribution in [3.8, 4) is 0 Å². The topological polar surface area (TPSA) is 69.3 Å². The number of fused-ring (bicyclic) bond motifs is 1. The highest BCUT2D eigenvalue weighted by atomic mass is 19.1. The zero-order valence-electron chi connectivity index (χ0n) is 15.4. The second-order valence-electron chi connectivity index (χ2n) is 7.47. The third-order valence-electron chi connectivity index (χ3n) is 5.59. The number of H-pyrrole nitrogens is 1. The average molecular weight is 372 g/mol. The molecule has 0 spiro atoms. The Bertz CT molecular complexity index is 850. The Kier molecular flexibility index (Phi) is 5.09. The highest BCUT2D eigenvalue weighted by Gasteiger charge is 2.30. The molecule has 2 aliphatic heterocycles. The van der Waals surface area contributed by atoms with Gasteiger partial charge >= 0.3 is 0 Å². The maximum atomic E-state index is 13.4. The number of halogens is 1. The summed E-state index contributed by atoms with van der Waals surface area (Å²) in [5.74, 6) is 0.745. The molecule has 2 aliphatic rings. The molecular formula is C20H25FN4O2. The standard InChI is InChI=1S/C20H25FN4O2/c21-14-8-9-15-16(13-14)23-20(22-15)17-5-1-2-12-25(17)19(27)7-4-11-24-10-3-6-18(24)26/h8-9,13,17H,1-7,10-12H2,(H,22,23). The number of carbonyl (C=O) groups excluding carboxylic acids is 2. The van der Waals surface area contributed by atoms with E-state index in [0.29, 0.717) is 31.3 Å². The number of rotatable bonds is 5. The number of likely N-dealkylation sites (tertiary alicyclic amines) is 2. The fraction of sp³-hybridized carbons (Fsp3) is 0.550. The second-order valence-corrected chi connectivity index (χ2v) is 7.47. The summed E-state index contributed by atoms with van der Waals surface area (Å²) in [5, 5.41) is 0. The molecule has 7 heteroatoms. The molecule has 0 aliphatic carbocycles. The largest absolute Gasteiger partial charge is 0.343 e. The van der Waals surface area contributed by atoms with Gasteiger partial charge in [-0.3, -0.25) is 9.59 Å². The Balaban J connectivity index is 1.43. The van der Waals surface area contributed by atoms with Crippen LogP contribution in [-0.4, -0.2) is 51.2 Å². The Morgan fingerprint density at radius 1 is 1.26 bits per heavy atom. The number of aromatic nitrogens is 2. The fourth-order valence-electron chi connectivity index (χ4n) is 4.18. The van der Waals surface area contributed by atoms with E-state index in [1.54, 1.807) is 6.07 Å². The van der Waals surface area contributed by atoms with Crippen molar-refractivity contribution < 1.29 is 14.0 Å². The van der Waals surface area contributed by atoms with Gasteiger partial charge in [0.15, 0.2) is 0 Å². The molecule has 2 fully saturated rings. The van der Waals surface area contributed by atoms with Crippen molar-refractivity contribution in [1.29, 1.82) is 0 Å². The highest BCUT2D eigenvalue weighted by Crippen LogP contribution is 2.31. The van der Waals surface area contributed by atoms with Crippen molar-refractivity contribution in [2.24, 2.45) is 0 Å². The molecule has 6 nitrogen and oxygen atoms in total. The third kappa shape index (κ3) is 3.82. The van der Waals surface area contributed by atoms with Crippen molar-refractivity contribution in [1.82, 2.24) is 19.8 Å². The van der Waals surface area contributed by atoms with Crippen molar-refractivity contribution in [3.63, 3.8) is 0 Å². The van der Waals surface area contributed by atoms with Crippen LogP contribution in [0.2, 0.25) is 0 Å². The van der Waals surface area contributed by atoms with E-state index in [0.717, 1.165) is 50.1 Å². The predicted octanol–water partition coefficient (Wildman–Crippen LogP) is 3.16. The summed E-state index contributed by atoms with van der Waals surface area (Å²) in [7, 11) is 0. The van der Waals surface area contributed by atoms with Crippen LogP contribution < -0.4 is 0 Å². The smallest absolute Gasteiger partial charge is 0.223 e. The van der Waals surface area contributed by atoms with Crippen molar-refractivity contribution in [2.45, 2.75) is 51.0 Å². The molecule has 4 rings (SSSR count). The number of nitrogens with zero attached hydrogens (tertiary/aromatic N) is 3. The minimum Gasteiger partial charge on any atom is -0.343 e. The van der Waals surface area contributed by atoms with Crippen LogP contribution in [-0.2, 0) is 9.59 Å². The number of carbonyl (C=O) groups is 2. The monoisotopic (exact) mass is 372 g/mol. The van der Waals surface area contributed by atoms with Crippen LogP contribution in [0.1, 0.15) is 56.8 Å². The summed E-state index contributed by atoms with van der Waals surface area (Å²) in [6.07, 6.45) is 5.58. The van der Waals surface area contributed by atoms with E-state index in [1.807, 2.05) is 9.80 Å². The van der Waals surface area contributed by atoms with Gasteiger partial charge in [-0.25, -0.2) is 9.37 Å². The molecule has 1 unspecified atom stereocenters. The molecule has 1 atom stereocenters. The summed E-state index contributed by atoms with van der Waals surface area (Å²) in [4.78, 5) is 36.1. The van der Waals surface area contributed by atoms with Gasteiger partial charge in [-0.15, -0.1) is 0 Å². The van der Waals surface area contributed by atoms with Gasteiger partial charge in [0.1, 0.15) is 11.6 Å². The Morgan fingerprint density at radius 3 is 2.96 bits per heavy atom. The lowest BCUT2D eigenvalue weighted by Gasteiger charge is -2.34. The molecule has 0 bridgehead atoms. The molecule has 1 aromatic carbocycles. The number of piperidine rings is 1. The quantitative estimate of drug-likeness (QED) is 0.877. The van der Waals surface area contributed by atoms with E-state index in [1.165, 1.54) is 12.1 Å². The van der Waals surface area contributed by atoms with Gasteiger partial charge in [-0.05, 0) is 50.3 Å². The molecule has 1 N–H and O–H groups in total. The average Bonchev–Trinajstić information content (AvgIpc) is 3.27. The van der Waals surface area contributed by atoms with Gasteiger partial charge in [0.2, 0.25) is 11.8 Å². The number of aromatic amines is 1. The third-order valence-corrected chi connectivity index (χ3v) is 5.59. The van der Waals surface area contributed by atoms with Crippen LogP contribution in [0.5, 0.6) is 0 Å². The lowest BCUT2D eigenvalue weighted by molar-refractivity contribution is -0.136. The molecular weight excluding hydrogens is 347 g/mol. The van der Waals surface area contributed by atoms with Crippen molar-refractivity contribution in [3.05, 3.63) is 29.8 Å². The number of hydrogen-bond acceptors (Lipinski definition) is 3. The van der Waals surface area contributed by atoms with E-state index in [4.69, 9.17) is 0 Å². The molecule has 144 valence electrons. The number of amides is 2. The Labute approximate surface area is 157 Å². The van der Waals surface area contributed by atoms with E-state index in [2.05, 4.69) is 9.97 Å². The minimum atomic E-state index is -0.300. The first-order valence-electron chi connectivity index (χ1n) is 9.84. The van der Waals surface area contributed by atoms with Crippen molar-refractivity contribution in [2.75, 3.05) is 19.6 Å². The van der Waals surface area contributed by atoms with E-state index in [-0.39, 0.29) is 23.7 Å². The molecule has 2 saturated heterocycles. The second kappa shape index (κ2) is 7.66. The van der Waals surface area contributed by atoms with Crippen LogP contribution in [0.15, 0.2) is 18.2 Å². The number of hydrogen-bond donors (Lipinski definition) is 1. The summed E-state index contributed by atoms with van der Waals surface area (Å²) in [5.41, 5.74) is 1.38. The first-order chi connectivity index (χ1) is 13.1. The van der Waals surface area contributed by atoms with Gasteiger partial charge < -0.3 is 14.8 Å². The van der Waals surface area contributed by atoms with Crippen LogP contribution in [0, 0.1) is 5.82 Å². The van der Waals surface area contributed by atoms with E-state index >= 15 is 0 Å². The molecule has 0 radical (unpaired) electrons. The maximum absolute atomic E-state index is 13.4. The van der Waals surface area contributed by atoms with E-state index in [9.17, 15) is 14.0 Å². The summed E-state index contributed by atoms with van der Waals surface area (Å²) >= 11 is 0. The maximum Gasteiger partial charge on any atom is 0.223 e. The molecule has 1 aromatic heterocycles. The SMILES string of the molecule is O=C1CCCN1CCCC(=O)N1CCCCC1c1nc2ccc(F)cc2[nH]1. The first-order valence-corrected chi connectivity index (χ1v) is 9.84. The summed E-state index contributed by atoms with van der Waals surface area (Å²) in [6.45, 7) is 2.19. The van der Waals surface area contributed by atoms with Gasteiger partial charge in [0, 0.05) is 32.5 Å². The predicted molar refractivity (Wildman–Crippen MR) is 99.4 cm³/mol.